The Hall–Kier alpha value is -1.08. The fourth-order valence-corrected chi connectivity index (χ4v) is 3.67. The van der Waals surface area contributed by atoms with Crippen LogP contribution in [0.4, 0.5) is 0 Å². The maximum atomic E-state index is 12.2. The van der Waals surface area contributed by atoms with Crippen molar-refractivity contribution < 1.29 is 19.1 Å². The third-order valence-electron chi connectivity index (χ3n) is 2.39. The van der Waals surface area contributed by atoms with Crippen molar-refractivity contribution >= 4 is 35.0 Å². The van der Waals surface area contributed by atoms with Crippen LogP contribution in [0.25, 0.3) is 0 Å². The highest BCUT2D eigenvalue weighted by Crippen LogP contribution is 2.36. The lowest BCUT2D eigenvalue weighted by molar-refractivity contribution is -0.156. The molecule has 0 unspecified atom stereocenters. The molecule has 5 nitrogen and oxygen atoms in total. The molecule has 124 valence electrons. The van der Waals surface area contributed by atoms with E-state index >= 15 is 0 Å². The largest absolute Gasteiger partial charge is 0.466 e. The van der Waals surface area contributed by atoms with Gasteiger partial charge < -0.3 is 9.47 Å². The van der Waals surface area contributed by atoms with Gasteiger partial charge in [-0.3, -0.25) is 9.59 Å². The van der Waals surface area contributed by atoms with Gasteiger partial charge in [0.25, 0.3) is 0 Å². The molecular formula is C15H23NO4S2. The average Bonchev–Trinajstić information content (AvgIpc) is 2.73. The van der Waals surface area contributed by atoms with Gasteiger partial charge in [0.2, 0.25) is 0 Å². The second kappa shape index (κ2) is 7.46. The molecule has 0 atom stereocenters. The standard InChI is InChI=1S/C15H23NO4S2/c1-7-19-11(17)8-10-9-21-13(16-10)22-15(5,6)12(18)20-14(2,3)4/h9H,7-8H2,1-6H3. The summed E-state index contributed by atoms with van der Waals surface area (Å²) >= 11 is 2.74. The Kier molecular flexibility index (Phi) is 6.43. The van der Waals surface area contributed by atoms with Gasteiger partial charge in [-0.1, -0.05) is 11.8 Å². The molecule has 0 spiro atoms. The summed E-state index contributed by atoms with van der Waals surface area (Å²) in [6, 6.07) is 0. The molecule has 0 aliphatic rings. The van der Waals surface area contributed by atoms with Gasteiger partial charge in [0.15, 0.2) is 4.34 Å². The Balaban J connectivity index is 2.68. The third kappa shape index (κ3) is 6.36. The smallest absolute Gasteiger partial charge is 0.322 e. The van der Waals surface area contributed by atoms with Crippen molar-refractivity contribution in [2.75, 3.05) is 6.61 Å². The summed E-state index contributed by atoms with van der Waals surface area (Å²) in [5, 5.41) is 1.81. The highest BCUT2D eigenvalue weighted by molar-refractivity contribution is 8.03. The van der Waals surface area contributed by atoms with Crippen LogP contribution in [0.2, 0.25) is 0 Å². The zero-order valence-corrected chi connectivity index (χ0v) is 15.5. The minimum Gasteiger partial charge on any atom is -0.466 e. The van der Waals surface area contributed by atoms with Crippen LogP contribution in [0.15, 0.2) is 9.72 Å². The van der Waals surface area contributed by atoms with Gasteiger partial charge >= 0.3 is 11.9 Å². The summed E-state index contributed by atoms with van der Waals surface area (Å²) in [7, 11) is 0. The Bertz CT molecular complexity index is 532. The molecule has 1 aromatic heterocycles. The zero-order valence-electron chi connectivity index (χ0n) is 13.9. The van der Waals surface area contributed by atoms with E-state index in [9.17, 15) is 9.59 Å². The predicted molar refractivity (Wildman–Crippen MR) is 88.2 cm³/mol. The first-order valence-corrected chi connectivity index (χ1v) is 8.75. The van der Waals surface area contributed by atoms with Crippen LogP contribution < -0.4 is 0 Å². The van der Waals surface area contributed by atoms with Crippen LogP contribution in [-0.4, -0.2) is 33.9 Å². The average molecular weight is 345 g/mol. The second-order valence-electron chi connectivity index (χ2n) is 6.20. The van der Waals surface area contributed by atoms with Crippen molar-refractivity contribution in [3.05, 3.63) is 11.1 Å². The quantitative estimate of drug-likeness (QED) is 0.581. The van der Waals surface area contributed by atoms with E-state index in [1.54, 1.807) is 20.8 Å². The minimum absolute atomic E-state index is 0.151. The van der Waals surface area contributed by atoms with E-state index in [0.717, 1.165) is 4.34 Å². The Morgan fingerprint density at radius 3 is 2.45 bits per heavy atom. The van der Waals surface area contributed by atoms with Crippen molar-refractivity contribution in [3.8, 4) is 0 Å². The SMILES string of the molecule is CCOC(=O)Cc1csc(SC(C)(C)C(=O)OC(C)(C)C)n1. The molecule has 1 rings (SSSR count). The van der Waals surface area contributed by atoms with Crippen LogP contribution >= 0.6 is 23.1 Å². The highest BCUT2D eigenvalue weighted by atomic mass is 32.2. The van der Waals surface area contributed by atoms with Gasteiger partial charge in [0.1, 0.15) is 10.3 Å². The number of carbonyl (C=O) groups is 2. The van der Waals surface area contributed by atoms with Gasteiger partial charge in [-0.25, -0.2) is 4.98 Å². The van der Waals surface area contributed by atoms with Gasteiger partial charge in [-0.15, -0.1) is 11.3 Å². The number of rotatable bonds is 6. The maximum absolute atomic E-state index is 12.2. The molecule has 0 radical (unpaired) electrons. The van der Waals surface area contributed by atoms with E-state index in [0.29, 0.717) is 12.3 Å². The van der Waals surface area contributed by atoms with E-state index in [4.69, 9.17) is 9.47 Å². The number of thiazole rings is 1. The summed E-state index contributed by atoms with van der Waals surface area (Å²) in [6.45, 7) is 11.3. The van der Waals surface area contributed by atoms with Crippen molar-refractivity contribution in [1.29, 1.82) is 0 Å². The molecule has 0 fully saturated rings. The predicted octanol–water partition coefficient (Wildman–Crippen LogP) is 3.46. The third-order valence-corrected chi connectivity index (χ3v) is 4.56. The molecule has 0 N–H and O–H groups in total. The summed E-state index contributed by atoms with van der Waals surface area (Å²) in [5.41, 5.74) is 0.137. The monoisotopic (exact) mass is 345 g/mol. The van der Waals surface area contributed by atoms with Crippen LogP contribution in [0, 0.1) is 0 Å². The van der Waals surface area contributed by atoms with Crippen LogP contribution in [-0.2, 0) is 25.5 Å². The molecule has 22 heavy (non-hydrogen) atoms. The lowest BCUT2D eigenvalue weighted by Crippen LogP contribution is -2.36. The zero-order chi connectivity index (χ0) is 17.0. The number of hydrogen-bond acceptors (Lipinski definition) is 7. The molecule has 1 heterocycles. The Morgan fingerprint density at radius 1 is 1.27 bits per heavy atom. The lowest BCUT2D eigenvalue weighted by Gasteiger charge is -2.27. The van der Waals surface area contributed by atoms with Gasteiger partial charge in [0.05, 0.1) is 18.7 Å². The summed E-state index contributed by atoms with van der Waals surface area (Å²) < 4.78 is 10.3. The number of esters is 2. The van der Waals surface area contributed by atoms with Crippen LogP contribution in [0.5, 0.6) is 0 Å². The van der Waals surface area contributed by atoms with E-state index in [2.05, 4.69) is 4.98 Å². The van der Waals surface area contributed by atoms with E-state index in [1.165, 1.54) is 23.1 Å². The number of nitrogens with zero attached hydrogens (tertiary/aromatic N) is 1. The molecule has 7 heteroatoms. The van der Waals surface area contributed by atoms with Crippen molar-refractivity contribution in [1.82, 2.24) is 4.98 Å². The number of thioether (sulfide) groups is 1. The molecule has 0 bridgehead atoms. The number of aromatic nitrogens is 1. The molecular weight excluding hydrogens is 322 g/mol. The van der Waals surface area contributed by atoms with Gasteiger partial charge in [-0.2, -0.15) is 0 Å². The molecule has 0 aliphatic heterocycles. The van der Waals surface area contributed by atoms with E-state index < -0.39 is 10.3 Å². The molecule has 0 aliphatic carbocycles. The fourth-order valence-electron chi connectivity index (χ4n) is 1.44. The first-order valence-electron chi connectivity index (χ1n) is 7.06. The number of hydrogen-bond donors (Lipinski definition) is 0. The highest BCUT2D eigenvalue weighted by Gasteiger charge is 2.34. The Labute approximate surface area is 139 Å². The molecule has 0 saturated carbocycles. The van der Waals surface area contributed by atoms with Gasteiger partial charge in [0, 0.05) is 5.38 Å². The first-order chi connectivity index (χ1) is 10.0. The summed E-state index contributed by atoms with van der Waals surface area (Å²) in [5.74, 6) is -0.581. The molecule has 0 amide bonds. The van der Waals surface area contributed by atoms with Crippen molar-refractivity contribution in [2.24, 2.45) is 0 Å². The normalized spacial score (nSPS) is 12.1. The van der Waals surface area contributed by atoms with E-state index in [1.807, 2.05) is 26.2 Å². The van der Waals surface area contributed by atoms with Crippen LogP contribution in [0.3, 0.4) is 0 Å². The lowest BCUT2D eigenvalue weighted by atomic mass is 10.1. The topological polar surface area (TPSA) is 65.5 Å². The van der Waals surface area contributed by atoms with Crippen molar-refractivity contribution in [2.45, 2.75) is 62.7 Å². The number of ether oxygens (including phenoxy) is 2. The molecule has 0 aromatic carbocycles. The van der Waals surface area contributed by atoms with Gasteiger partial charge in [-0.05, 0) is 41.5 Å². The summed E-state index contributed by atoms with van der Waals surface area (Å²) in [4.78, 5) is 28.0. The number of carbonyl (C=O) groups excluding carboxylic acids is 2. The maximum Gasteiger partial charge on any atom is 0.322 e. The second-order valence-corrected chi connectivity index (χ2v) is 8.93. The summed E-state index contributed by atoms with van der Waals surface area (Å²) in [6.07, 6.45) is 0.151. The van der Waals surface area contributed by atoms with E-state index in [-0.39, 0.29) is 18.4 Å². The van der Waals surface area contributed by atoms with Crippen molar-refractivity contribution in [3.63, 3.8) is 0 Å². The van der Waals surface area contributed by atoms with Crippen LogP contribution in [0.1, 0.15) is 47.2 Å². The minimum atomic E-state index is -0.744. The first kappa shape index (κ1) is 19.0. The molecule has 0 saturated heterocycles. The Morgan fingerprint density at radius 2 is 1.91 bits per heavy atom. The fraction of sp³-hybridized carbons (Fsp3) is 0.667. The molecule has 1 aromatic rings.